The predicted octanol–water partition coefficient (Wildman–Crippen LogP) is 5.15. The summed E-state index contributed by atoms with van der Waals surface area (Å²) >= 11 is 1.89. The molecule has 1 aliphatic carbocycles. The van der Waals surface area contributed by atoms with E-state index in [2.05, 4.69) is 23.6 Å². The summed E-state index contributed by atoms with van der Waals surface area (Å²) in [6.45, 7) is 9.15. The maximum Gasteiger partial charge on any atom is 0.141 e. The first-order chi connectivity index (χ1) is 14.6. The highest BCUT2D eigenvalue weighted by Crippen LogP contribution is 2.40. The number of hydrogen-bond acceptors (Lipinski definition) is 5. The Balaban J connectivity index is 1.40. The molecule has 0 N–H and O–H groups in total. The Labute approximate surface area is 181 Å². The molecule has 0 spiro atoms. The molecule has 0 amide bonds. The van der Waals surface area contributed by atoms with Crippen molar-refractivity contribution in [1.29, 1.82) is 0 Å². The average molecular weight is 425 g/mol. The lowest BCUT2D eigenvalue weighted by Crippen LogP contribution is -2.46. The van der Waals surface area contributed by atoms with Crippen LogP contribution in [0.25, 0.3) is 10.2 Å². The lowest BCUT2D eigenvalue weighted by Gasteiger charge is -2.36. The summed E-state index contributed by atoms with van der Waals surface area (Å²) in [5, 5.41) is 1.33. The first kappa shape index (κ1) is 19.9. The fourth-order valence-electron chi connectivity index (χ4n) is 4.61. The quantitative estimate of drug-likeness (QED) is 0.579. The molecule has 1 aromatic carbocycles. The zero-order chi connectivity index (χ0) is 20.7. The predicted molar refractivity (Wildman–Crippen MR) is 122 cm³/mol. The Bertz CT molecular complexity index is 1040. The molecule has 2 aromatic heterocycles. The lowest BCUT2D eigenvalue weighted by atomic mass is 9.96. The molecule has 1 fully saturated rings. The molecule has 6 heteroatoms. The Morgan fingerprint density at radius 3 is 2.47 bits per heavy atom. The highest BCUT2D eigenvalue weighted by Gasteiger charge is 2.26. The molecule has 0 unspecified atom stereocenters. The lowest BCUT2D eigenvalue weighted by molar-refractivity contribution is 0.249. The molecule has 3 aromatic rings. The number of hydrogen-bond donors (Lipinski definition) is 0. The Morgan fingerprint density at radius 1 is 1.00 bits per heavy atom. The topological polar surface area (TPSA) is 32.3 Å². The van der Waals surface area contributed by atoms with E-state index in [4.69, 9.17) is 9.97 Å². The maximum absolute atomic E-state index is 13.2. The first-order valence-corrected chi connectivity index (χ1v) is 11.9. The third-order valence-corrected chi connectivity index (χ3v) is 7.51. The van der Waals surface area contributed by atoms with E-state index < -0.39 is 0 Å². The average Bonchev–Trinajstić information content (AvgIpc) is 3.14. The van der Waals surface area contributed by atoms with Gasteiger partial charge in [-0.05, 0) is 48.9 Å². The SMILES string of the molecule is CC(C)c1nc(N2CCN(Cc3ccc(F)cc3)CC2)c2c3c(sc2n1)CCCC3. The van der Waals surface area contributed by atoms with Gasteiger partial charge in [0.25, 0.3) is 0 Å². The van der Waals surface area contributed by atoms with Crippen molar-refractivity contribution in [2.24, 2.45) is 0 Å². The van der Waals surface area contributed by atoms with Crippen LogP contribution >= 0.6 is 11.3 Å². The van der Waals surface area contributed by atoms with Gasteiger partial charge in [-0.1, -0.05) is 26.0 Å². The van der Waals surface area contributed by atoms with Gasteiger partial charge >= 0.3 is 0 Å². The molecule has 0 atom stereocenters. The first-order valence-electron chi connectivity index (χ1n) is 11.1. The van der Waals surface area contributed by atoms with Gasteiger partial charge in [0.1, 0.15) is 22.3 Å². The zero-order valence-corrected chi connectivity index (χ0v) is 18.6. The van der Waals surface area contributed by atoms with Crippen LogP contribution in [0.3, 0.4) is 0 Å². The number of aromatic nitrogens is 2. The second-order valence-corrected chi connectivity index (χ2v) is 9.92. The van der Waals surface area contributed by atoms with Crippen molar-refractivity contribution in [2.75, 3.05) is 31.1 Å². The summed E-state index contributed by atoms with van der Waals surface area (Å²) in [5.74, 6) is 2.28. The molecule has 5 rings (SSSR count). The highest BCUT2D eigenvalue weighted by atomic mass is 32.1. The summed E-state index contributed by atoms with van der Waals surface area (Å²) in [4.78, 5) is 17.7. The van der Waals surface area contributed by atoms with Crippen molar-refractivity contribution < 1.29 is 4.39 Å². The van der Waals surface area contributed by atoms with Gasteiger partial charge in [-0.2, -0.15) is 0 Å². The van der Waals surface area contributed by atoms with Crippen LogP contribution in [0.15, 0.2) is 24.3 Å². The van der Waals surface area contributed by atoms with Gasteiger partial charge in [0.05, 0.1) is 5.39 Å². The molecule has 158 valence electrons. The second-order valence-electron chi connectivity index (χ2n) is 8.84. The molecule has 4 nitrogen and oxygen atoms in total. The smallest absolute Gasteiger partial charge is 0.141 e. The van der Waals surface area contributed by atoms with E-state index >= 15 is 0 Å². The summed E-state index contributed by atoms with van der Waals surface area (Å²) in [6, 6.07) is 6.89. The fourth-order valence-corrected chi connectivity index (χ4v) is 5.87. The van der Waals surface area contributed by atoms with Crippen LogP contribution in [0.1, 0.15) is 54.4 Å². The molecule has 3 heterocycles. The van der Waals surface area contributed by atoms with Crippen LogP contribution in [0.4, 0.5) is 10.2 Å². The molecular formula is C24H29FN4S. The van der Waals surface area contributed by atoms with Gasteiger partial charge in [0, 0.05) is 43.5 Å². The number of piperazine rings is 1. The van der Waals surface area contributed by atoms with Gasteiger partial charge in [0.2, 0.25) is 0 Å². The number of aryl methyl sites for hydroxylation is 2. The van der Waals surface area contributed by atoms with E-state index in [1.165, 1.54) is 45.5 Å². The number of benzene rings is 1. The molecule has 0 saturated carbocycles. The van der Waals surface area contributed by atoms with Crippen molar-refractivity contribution in [2.45, 2.75) is 52.0 Å². The number of rotatable bonds is 4. The molecule has 2 aliphatic rings. The van der Waals surface area contributed by atoms with Crippen LogP contribution in [0.5, 0.6) is 0 Å². The van der Waals surface area contributed by atoms with Crippen LogP contribution in [-0.2, 0) is 19.4 Å². The molecule has 0 radical (unpaired) electrons. The normalized spacial score (nSPS) is 17.7. The summed E-state index contributed by atoms with van der Waals surface area (Å²) < 4.78 is 13.2. The van der Waals surface area contributed by atoms with Gasteiger partial charge in [0.15, 0.2) is 0 Å². The monoisotopic (exact) mass is 424 g/mol. The Morgan fingerprint density at radius 2 is 1.73 bits per heavy atom. The van der Waals surface area contributed by atoms with E-state index in [1.807, 2.05) is 23.5 Å². The summed E-state index contributed by atoms with van der Waals surface area (Å²) in [5.41, 5.74) is 2.68. The zero-order valence-electron chi connectivity index (χ0n) is 17.8. The minimum atomic E-state index is -0.170. The van der Waals surface area contributed by atoms with Crippen molar-refractivity contribution in [3.8, 4) is 0 Å². The van der Waals surface area contributed by atoms with E-state index in [9.17, 15) is 4.39 Å². The van der Waals surface area contributed by atoms with Crippen molar-refractivity contribution >= 4 is 27.4 Å². The number of halogens is 1. The number of thiophene rings is 1. The minimum absolute atomic E-state index is 0.170. The number of fused-ring (bicyclic) bond motifs is 3. The van der Waals surface area contributed by atoms with Crippen LogP contribution in [0.2, 0.25) is 0 Å². The summed E-state index contributed by atoms with van der Waals surface area (Å²) in [6.07, 6.45) is 4.92. The maximum atomic E-state index is 13.2. The van der Waals surface area contributed by atoms with E-state index in [0.29, 0.717) is 5.92 Å². The Hall–Kier alpha value is -2.05. The minimum Gasteiger partial charge on any atom is -0.353 e. The van der Waals surface area contributed by atoms with Crippen LogP contribution in [-0.4, -0.2) is 41.0 Å². The molecule has 1 saturated heterocycles. The highest BCUT2D eigenvalue weighted by molar-refractivity contribution is 7.19. The second kappa shape index (κ2) is 8.23. The number of nitrogens with zero attached hydrogens (tertiary/aromatic N) is 4. The van der Waals surface area contributed by atoms with Crippen LogP contribution < -0.4 is 4.90 Å². The van der Waals surface area contributed by atoms with Crippen molar-refractivity contribution in [3.05, 3.63) is 51.9 Å². The van der Waals surface area contributed by atoms with Crippen molar-refractivity contribution in [3.63, 3.8) is 0 Å². The van der Waals surface area contributed by atoms with E-state index in [-0.39, 0.29) is 5.82 Å². The molecule has 0 bridgehead atoms. The van der Waals surface area contributed by atoms with Crippen molar-refractivity contribution in [1.82, 2.24) is 14.9 Å². The van der Waals surface area contributed by atoms with Gasteiger partial charge in [-0.15, -0.1) is 11.3 Å². The standard InChI is InChI=1S/C24H29FN4S/c1-16(2)22-26-23(21-19-5-3-4-6-20(19)30-24(21)27-22)29-13-11-28(12-14-29)15-17-7-9-18(25)10-8-17/h7-10,16H,3-6,11-15H2,1-2H3. The number of anilines is 1. The van der Waals surface area contributed by atoms with Crippen LogP contribution in [0, 0.1) is 5.82 Å². The van der Waals surface area contributed by atoms with E-state index in [0.717, 1.165) is 50.8 Å². The fraction of sp³-hybridized carbons (Fsp3) is 0.500. The molecule has 1 aliphatic heterocycles. The third-order valence-electron chi connectivity index (χ3n) is 6.32. The largest absolute Gasteiger partial charge is 0.353 e. The summed E-state index contributed by atoms with van der Waals surface area (Å²) in [7, 11) is 0. The molecule has 30 heavy (non-hydrogen) atoms. The van der Waals surface area contributed by atoms with Gasteiger partial charge in [-0.25, -0.2) is 14.4 Å². The third kappa shape index (κ3) is 3.83. The van der Waals surface area contributed by atoms with Gasteiger partial charge in [-0.3, -0.25) is 4.90 Å². The van der Waals surface area contributed by atoms with Gasteiger partial charge < -0.3 is 4.90 Å². The van der Waals surface area contributed by atoms with E-state index in [1.54, 1.807) is 12.1 Å². The Kier molecular flexibility index (Phi) is 5.46. The molecular weight excluding hydrogens is 395 g/mol.